The van der Waals surface area contributed by atoms with Crippen molar-refractivity contribution < 1.29 is 14.3 Å². The van der Waals surface area contributed by atoms with Crippen molar-refractivity contribution in [2.75, 3.05) is 44.2 Å². The van der Waals surface area contributed by atoms with E-state index in [1.807, 2.05) is 42.5 Å². The first-order valence-electron chi connectivity index (χ1n) is 12.9. The van der Waals surface area contributed by atoms with Crippen LogP contribution >= 0.6 is 0 Å². The minimum absolute atomic E-state index is 0.111. The third-order valence-corrected chi connectivity index (χ3v) is 6.81. The van der Waals surface area contributed by atoms with Gasteiger partial charge >= 0.3 is 0 Å². The Kier molecular flexibility index (Phi) is 9.09. The maximum absolute atomic E-state index is 13.2. The lowest BCUT2D eigenvalue weighted by atomic mass is 10.1. The molecule has 0 bridgehead atoms. The van der Waals surface area contributed by atoms with E-state index in [4.69, 9.17) is 4.74 Å². The van der Waals surface area contributed by atoms with E-state index in [9.17, 15) is 9.59 Å². The molecule has 0 spiro atoms. The highest BCUT2D eigenvalue weighted by Gasteiger charge is 2.43. The quantitative estimate of drug-likeness (QED) is 0.351. The number of nitrogens with zero attached hydrogens (tertiary/aromatic N) is 3. The first kappa shape index (κ1) is 25.1. The number of carbonyl (C=O) groups is 2. The summed E-state index contributed by atoms with van der Waals surface area (Å²) in [5.41, 5.74) is 1.83. The zero-order valence-corrected chi connectivity index (χ0v) is 20.8. The molecule has 0 radical (unpaired) electrons. The van der Waals surface area contributed by atoms with Crippen molar-refractivity contribution in [3.05, 3.63) is 66.2 Å². The summed E-state index contributed by atoms with van der Waals surface area (Å²) >= 11 is 0. The predicted molar refractivity (Wildman–Crippen MR) is 140 cm³/mol. The van der Waals surface area contributed by atoms with Crippen molar-refractivity contribution in [3.63, 3.8) is 0 Å². The molecule has 2 aromatic rings. The van der Waals surface area contributed by atoms with E-state index in [0.29, 0.717) is 12.3 Å². The number of anilines is 1. The summed E-state index contributed by atoms with van der Waals surface area (Å²) < 4.78 is 5.80. The third kappa shape index (κ3) is 6.80. The van der Waals surface area contributed by atoms with Crippen molar-refractivity contribution in [2.24, 2.45) is 0 Å². The van der Waals surface area contributed by atoms with Crippen LogP contribution in [0.15, 0.2) is 60.7 Å². The van der Waals surface area contributed by atoms with Gasteiger partial charge in [-0.3, -0.25) is 19.4 Å². The molecule has 2 amide bonds. The van der Waals surface area contributed by atoms with Gasteiger partial charge in [0.1, 0.15) is 5.75 Å². The lowest BCUT2D eigenvalue weighted by Crippen LogP contribution is -2.52. The molecule has 2 saturated heterocycles. The van der Waals surface area contributed by atoms with E-state index in [1.165, 1.54) is 29.7 Å². The van der Waals surface area contributed by atoms with Crippen LogP contribution in [0.3, 0.4) is 0 Å². The summed E-state index contributed by atoms with van der Waals surface area (Å²) in [6.45, 7) is 7.14. The Hall–Kier alpha value is -2.96. The largest absolute Gasteiger partial charge is 0.494 e. The minimum Gasteiger partial charge on any atom is -0.494 e. The van der Waals surface area contributed by atoms with Gasteiger partial charge < -0.3 is 4.74 Å². The molecule has 2 fully saturated rings. The molecule has 6 heteroatoms. The summed E-state index contributed by atoms with van der Waals surface area (Å²) in [5.74, 6) is 0.542. The van der Waals surface area contributed by atoms with E-state index >= 15 is 0 Å². The molecular weight excluding hydrogens is 438 g/mol. The Morgan fingerprint density at radius 2 is 1.66 bits per heavy atom. The number of amides is 2. The Morgan fingerprint density at radius 3 is 2.37 bits per heavy atom. The molecule has 186 valence electrons. The SMILES string of the molecule is CCCCCCOc1ccc(N2C(=O)CC(N3CCN(CC=Cc4ccccc4)CC3)C2=O)cc1. The van der Waals surface area contributed by atoms with E-state index in [0.717, 1.165) is 44.9 Å². The van der Waals surface area contributed by atoms with Gasteiger partial charge in [0.2, 0.25) is 5.91 Å². The van der Waals surface area contributed by atoms with Crippen molar-refractivity contribution in [3.8, 4) is 5.75 Å². The fourth-order valence-corrected chi connectivity index (χ4v) is 4.74. The van der Waals surface area contributed by atoms with Crippen LogP contribution in [-0.2, 0) is 9.59 Å². The second-order valence-electron chi connectivity index (χ2n) is 9.34. The van der Waals surface area contributed by atoms with Crippen LogP contribution in [0, 0.1) is 0 Å². The number of benzene rings is 2. The zero-order chi connectivity index (χ0) is 24.5. The number of rotatable bonds is 11. The van der Waals surface area contributed by atoms with Crippen molar-refractivity contribution in [1.82, 2.24) is 9.80 Å². The molecule has 6 nitrogen and oxygen atoms in total. The first-order chi connectivity index (χ1) is 17.2. The Balaban J connectivity index is 1.25. The smallest absolute Gasteiger partial charge is 0.251 e. The van der Waals surface area contributed by atoms with E-state index in [1.54, 1.807) is 0 Å². The summed E-state index contributed by atoms with van der Waals surface area (Å²) in [6, 6.07) is 17.3. The highest BCUT2D eigenvalue weighted by atomic mass is 16.5. The lowest BCUT2D eigenvalue weighted by Gasteiger charge is -2.36. The predicted octanol–water partition coefficient (Wildman–Crippen LogP) is 4.61. The fraction of sp³-hybridized carbons (Fsp3) is 0.448. The molecule has 1 atom stereocenters. The van der Waals surface area contributed by atoms with Gasteiger partial charge in [0.15, 0.2) is 0 Å². The van der Waals surface area contributed by atoms with Gasteiger partial charge in [-0.25, -0.2) is 4.90 Å². The van der Waals surface area contributed by atoms with E-state index < -0.39 is 0 Å². The number of carbonyl (C=O) groups excluding carboxylic acids is 2. The first-order valence-corrected chi connectivity index (χ1v) is 12.9. The highest BCUT2D eigenvalue weighted by Crippen LogP contribution is 2.28. The maximum Gasteiger partial charge on any atom is 0.251 e. The van der Waals surface area contributed by atoms with Crippen LogP contribution < -0.4 is 9.64 Å². The molecule has 2 aliphatic heterocycles. The number of hydrogen-bond donors (Lipinski definition) is 0. The molecule has 2 aromatic carbocycles. The van der Waals surface area contributed by atoms with Crippen LogP contribution in [0.4, 0.5) is 5.69 Å². The van der Waals surface area contributed by atoms with Gasteiger partial charge in [-0.1, -0.05) is 68.7 Å². The summed E-state index contributed by atoms with van der Waals surface area (Å²) in [6.07, 6.45) is 9.23. The van der Waals surface area contributed by atoms with Crippen LogP contribution in [0.1, 0.15) is 44.6 Å². The van der Waals surface area contributed by atoms with Crippen LogP contribution in [0.5, 0.6) is 5.75 Å². The topological polar surface area (TPSA) is 53.1 Å². The molecule has 2 heterocycles. The summed E-state index contributed by atoms with van der Waals surface area (Å²) in [4.78, 5) is 31.9. The second-order valence-corrected chi connectivity index (χ2v) is 9.34. The number of ether oxygens (including phenoxy) is 1. The number of imide groups is 1. The number of unbranched alkanes of at least 4 members (excludes halogenated alkanes) is 3. The Bertz CT molecular complexity index is 982. The standard InChI is InChI=1S/C29H37N3O3/c1-2-3-4-8-22-35-26-15-13-25(14-16-26)32-28(33)23-27(29(32)34)31-20-18-30(19-21-31)17-9-12-24-10-6-5-7-11-24/h5-7,9-16,27H,2-4,8,17-23H2,1H3. The second kappa shape index (κ2) is 12.7. The normalized spacial score (nSPS) is 19.7. The molecule has 1 unspecified atom stereocenters. The average molecular weight is 476 g/mol. The average Bonchev–Trinajstić information content (AvgIpc) is 3.19. The minimum atomic E-state index is -0.362. The van der Waals surface area contributed by atoms with Gasteiger partial charge in [0, 0.05) is 32.7 Å². The summed E-state index contributed by atoms with van der Waals surface area (Å²) in [5, 5.41) is 0. The third-order valence-electron chi connectivity index (χ3n) is 6.81. The van der Waals surface area contributed by atoms with Gasteiger partial charge in [0.25, 0.3) is 5.91 Å². The molecule has 0 aromatic heterocycles. The molecule has 0 N–H and O–H groups in total. The van der Waals surface area contributed by atoms with Crippen LogP contribution in [0.25, 0.3) is 6.08 Å². The molecule has 35 heavy (non-hydrogen) atoms. The van der Waals surface area contributed by atoms with Gasteiger partial charge in [-0.15, -0.1) is 0 Å². The van der Waals surface area contributed by atoms with Crippen molar-refractivity contribution in [1.29, 1.82) is 0 Å². The fourth-order valence-electron chi connectivity index (χ4n) is 4.74. The number of piperazine rings is 1. The zero-order valence-electron chi connectivity index (χ0n) is 20.8. The molecule has 4 rings (SSSR count). The Labute approximate surface area is 209 Å². The van der Waals surface area contributed by atoms with Crippen LogP contribution in [-0.4, -0.2) is 67.0 Å². The lowest BCUT2D eigenvalue weighted by molar-refractivity contribution is -0.123. The summed E-state index contributed by atoms with van der Waals surface area (Å²) in [7, 11) is 0. The van der Waals surface area contributed by atoms with Crippen molar-refractivity contribution >= 4 is 23.6 Å². The van der Waals surface area contributed by atoms with E-state index in [-0.39, 0.29) is 24.3 Å². The Morgan fingerprint density at radius 1 is 0.914 bits per heavy atom. The van der Waals surface area contributed by atoms with Gasteiger partial charge in [0.05, 0.1) is 24.8 Å². The van der Waals surface area contributed by atoms with Crippen LogP contribution in [0.2, 0.25) is 0 Å². The van der Waals surface area contributed by atoms with Crippen molar-refractivity contribution in [2.45, 2.75) is 45.1 Å². The molecule has 0 saturated carbocycles. The van der Waals surface area contributed by atoms with Gasteiger partial charge in [-0.2, -0.15) is 0 Å². The molecular formula is C29H37N3O3. The highest BCUT2D eigenvalue weighted by molar-refractivity contribution is 6.22. The van der Waals surface area contributed by atoms with E-state index in [2.05, 4.69) is 41.0 Å². The monoisotopic (exact) mass is 475 g/mol. The van der Waals surface area contributed by atoms with Gasteiger partial charge in [-0.05, 0) is 36.2 Å². The molecule has 2 aliphatic rings. The molecule has 0 aliphatic carbocycles. The number of hydrogen-bond acceptors (Lipinski definition) is 5. The maximum atomic E-state index is 13.2.